The Morgan fingerprint density at radius 3 is 2.62 bits per heavy atom. The fourth-order valence-electron chi connectivity index (χ4n) is 2.11. The van der Waals surface area contributed by atoms with Crippen molar-refractivity contribution in [2.75, 3.05) is 6.54 Å². The first kappa shape index (κ1) is 15.1. The molecular formula is C17H20N2O2. The molecule has 0 saturated carbocycles. The lowest BCUT2D eigenvalue weighted by Gasteiger charge is -2.12. The average molecular weight is 284 g/mol. The predicted octanol–water partition coefficient (Wildman–Crippen LogP) is 2.52. The maximum atomic E-state index is 12.0. The van der Waals surface area contributed by atoms with E-state index in [1.807, 2.05) is 30.3 Å². The second-order valence-electron chi connectivity index (χ2n) is 5.06. The zero-order valence-corrected chi connectivity index (χ0v) is 12.0. The molecule has 21 heavy (non-hydrogen) atoms. The van der Waals surface area contributed by atoms with Crippen molar-refractivity contribution in [3.8, 4) is 5.75 Å². The van der Waals surface area contributed by atoms with Crippen molar-refractivity contribution < 1.29 is 9.90 Å². The van der Waals surface area contributed by atoms with Crippen molar-refractivity contribution in [3.05, 3.63) is 65.2 Å². The summed E-state index contributed by atoms with van der Waals surface area (Å²) in [6.07, 6.45) is 0.673. The highest BCUT2D eigenvalue weighted by atomic mass is 16.3. The molecule has 0 fully saturated rings. The van der Waals surface area contributed by atoms with Crippen LogP contribution in [0.5, 0.6) is 5.75 Å². The number of carbonyl (C=O) groups excluding carboxylic acids is 1. The van der Waals surface area contributed by atoms with E-state index in [0.29, 0.717) is 24.1 Å². The molecule has 0 radical (unpaired) electrons. The Hall–Kier alpha value is -2.33. The van der Waals surface area contributed by atoms with Gasteiger partial charge in [-0.1, -0.05) is 30.3 Å². The Morgan fingerprint density at radius 2 is 1.95 bits per heavy atom. The summed E-state index contributed by atoms with van der Waals surface area (Å²) in [5.74, 6) is 0.0380. The average Bonchev–Trinajstić information content (AvgIpc) is 2.50. The van der Waals surface area contributed by atoms with E-state index >= 15 is 0 Å². The minimum Gasteiger partial charge on any atom is -0.508 e. The van der Waals surface area contributed by atoms with E-state index in [1.54, 1.807) is 19.1 Å². The molecule has 0 saturated heterocycles. The van der Waals surface area contributed by atoms with Gasteiger partial charge in [0.15, 0.2) is 0 Å². The van der Waals surface area contributed by atoms with Gasteiger partial charge in [-0.3, -0.25) is 4.79 Å². The molecule has 4 nitrogen and oxygen atoms in total. The van der Waals surface area contributed by atoms with E-state index in [2.05, 4.69) is 5.32 Å². The zero-order chi connectivity index (χ0) is 15.2. The van der Waals surface area contributed by atoms with Gasteiger partial charge in [0.25, 0.3) is 5.91 Å². The predicted molar refractivity (Wildman–Crippen MR) is 83.2 cm³/mol. The van der Waals surface area contributed by atoms with Crippen molar-refractivity contribution in [2.45, 2.75) is 19.4 Å². The number of carbonyl (C=O) groups is 1. The lowest BCUT2D eigenvalue weighted by Crippen LogP contribution is -2.27. The Balaban J connectivity index is 1.85. The van der Waals surface area contributed by atoms with Gasteiger partial charge in [0, 0.05) is 18.2 Å². The van der Waals surface area contributed by atoms with Crippen molar-refractivity contribution in [2.24, 2.45) is 5.73 Å². The van der Waals surface area contributed by atoms with Gasteiger partial charge in [0.2, 0.25) is 0 Å². The summed E-state index contributed by atoms with van der Waals surface area (Å²) in [7, 11) is 0. The highest BCUT2D eigenvalue weighted by Crippen LogP contribution is 2.17. The molecule has 1 unspecified atom stereocenters. The van der Waals surface area contributed by atoms with Gasteiger partial charge in [0.1, 0.15) is 5.75 Å². The number of phenols is 1. The van der Waals surface area contributed by atoms with Crippen LogP contribution < -0.4 is 11.1 Å². The molecule has 2 aromatic rings. The number of phenolic OH excluding ortho intramolecular Hbond substituents is 1. The number of nitrogens with two attached hydrogens (primary N) is 1. The van der Waals surface area contributed by atoms with E-state index in [4.69, 9.17) is 5.73 Å². The number of benzene rings is 2. The Kier molecular flexibility index (Phi) is 4.95. The van der Waals surface area contributed by atoms with Crippen molar-refractivity contribution in [1.29, 1.82) is 0 Å². The molecule has 2 aromatic carbocycles. The molecule has 1 atom stereocenters. The van der Waals surface area contributed by atoms with E-state index in [9.17, 15) is 9.90 Å². The van der Waals surface area contributed by atoms with E-state index in [1.165, 1.54) is 6.07 Å². The largest absolute Gasteiger partial charge is 0.508 e. The third kappa shape index (κ3) is 4.07. The lowest BCUT2D eigenvalue weighted by atomic mass is 10.0. The van der Waals surface area contributed by atoms with Crippen LogP contribution in [0.3, 0.4) is 0 Å². The van der Waals surface area contributed by atoms with E-state index in [-0.39, 0.29) is 17.7 Å². The Bertz CT molecular complexity index is 611. The first-order valence-corrected chi connectivity index (χ1v) is 6.96. The lowest BCUT2D eigenvalue weighted by molar-refractivity contribution is 0.0952. The summed E-state index contributed by atoms with van der Waals surface area (Å²) in [4.78, 5) is 12.0. The minimum atomic E-state index is -0.154. The van der Waals surface area contributed by atoms with E-state index < -0.39 is 0 Å². The minimum absolute atomic E-state index is 0.0898. The molecule has 0 aliphatic carbocycles. The topological polar surface area (TPSA) is 75.4 Å². The molecular weight excluding hydrogens is 264 g/mol. The van der Waals surface area contributed by atoms with Gasteiger partial charge in [0.05, 0.1) is 0 Å². The van der Waals surface area contributed by atoms with Gasteiger partial charge >= 0.3 is 0 Å². The highest BCUT2D eigenvalue weighted by Gasteiger charge is 2.09. The summed E-state index contributed by atoms with van der Waals surface area (Å²) < 4.78 is 0. The van der Waals surface area contributed by atoms with Crippen LogP contribution in [0.1, 0.15) is 33.9 Å². The second-order valence-corrected chi connectivity index (χ2v) is 5.06. The summed E-state index contributed by atoms with van der Waals surface area (Å²) in [5.41, 5.74) is 8.37. The fourth-order valence-corrected chi connectivity index (χ4v) is 2.11. The van der Waals surface area contributed by atoms with Gasteiger partial charge in [-0.05, 0) is 42.7 Å². The number of hydrogen-bond acceptors (Lipinski definition) is 3. The molecule has 4 N–H and O–H groups in total. The molecule has 1 amide bonds. The SMILES string of the molecule is Cc1cc(C(=O)NCCC(N)c2ccccc2)ccc1O. The molecule has 0 spiro atoms. The summed E-state index contributed by atoms with van der Waals surface area (Å²) in [6, 6.07) is 14.5. The second kappa shape index (κ2) is 6.90. The quantitative estimate of drug-likeness (QED) is 0.789. The molecule has 110 valence electrons. The number of amides is 1. The van der Waals surface area contributed by atoms with Crippen molar-refractivity contribution >= 4 is 5.91 Å². The van der Waals surface area contributed by atoms with Crippen LogP contribution in [-0.2, 0) is 0 Å². The normalized spacial score (nSPS) is 11.9. The van der Waals surface area contributed by atoms with Gasteiger partial charge < -0.3 is 16.2 Å². The van der Waals surface area contributed by atoms with Crippen LogP contribution in [-0.4, -0.2) is 17.6 Å². The Labute approximate surface area is 124 Å². The number of aromatic hydroxyl groups is 1. The van der Waals surface area contributed by atoms with Crippen LogP contribution in [0.15, 0.2) is 48.5 Å². The van der Waals surface area contributed by atoms with Gasteiger partial charge in [-0.25, -0.2) is 0 Å². The number of nitrogens with one attached hydrogen (secondary N) is 1. The van der Waals surface area contributed by atoms with Gasteiger partial charge in [-0.15, -0.1) is 0 Å². The van der Waals surface area contributed by atoms with Crippen molar-refractivity contribution in [3.63, 3.8) is 0 Å². The Morgan fingerprint density at radius 1 is 1.24 bits per heavy atom. The summed E-state index contributed by atoms with van der Waals surface area (Å²) >= 11 is 0. The fraction of sp³-hybridized carbons (Fsp3) is 0.235. The van der Waals surface area contributed by atoms with E-state index in [0.717, 1.165) is 5.56 Å². The van der Waals surface area contributed by atoms with Crippen LogP contribution >= 0.6 is 0 Å². The van der Waals surface area contributed by atoms with Crippen LogP contribution in [0.4, 0.5) is 0 Å². The smallest absolute Gasteiger partial charge is 0.251 e. The zero-order valence-electron chi connectivity index (χ0n) is 12.0. The van der Waals surface area contributed by atoms with Gasteiger partial charge in [-0.2, -0.15) is 0 Å². The molecule has 2 rings (SSSR count). The van der Waals surface area contributed by atoms with Crippen LogP contribution in [0.25, 0.3) is 0 Å². The standard InChI is InChI=1S/C17H20N2O2/c1-12-11-14(7-8-16(12)20)17(21)19-10-9-15(18)13-5-3-2-4-6-13/h2-8,11,15,20H,9-10,18H2,1H3,(H,19,21). The molecule has 0 bridgehead atoms. The number of rotatable bonds is 5. The van der Waals surface area contributed by atoms with Crippen molar-refractivity contribution in [1.82, 2.24) is 5.32 Å². The summed E-state index contributed by atoms with van der Waals surface area (Å²) in [5, 5.41) is 12.3. The molecule has 0 aliphatic rings. The van der Waals surface area contributed by atoms with Crippen LogP contribution in [0, 0.1) is 6.92 Å². The summed E-state index contributed by atoms with van der Waals surface area (Å²) in [6.45, 7) is 2.27. The first-order valence-electron chi connectivity index (χ1n) is 6.96. The first-order chi connectivity index (χ1) is 10.1. The molecule has 0 heterocycles. The third-order valence-electron chi connectivity index (χ3n) is 3.43. The van der Waals surface area contributed by atoms with Crippen LogP contribution in [0.2, 0.25) is 0 Å². The monoisotopic (exact) mass is 284 g/mol. The number of hydrogen-bond donors (Lipinski definition) is 3. The molecule has 0 aromatic heterocycles. The molecule has 4 heteroatoms. The maximum Gasteiger partial charge on any atom is 0.251 e. The molecule has 0 aliphatic heterocycles. The third-order valence-corrected chi connectivity index (χ3v) is 3.43. The maximum absolute atomic E-state index is 12.0. The number of aryl methyl sites for hydroxylation is 1. The highest BCUT2D eigenvalue weighted by molar-refractivity contribution is 5.94.